The molecule has 1 aromatic heterocycles. The highest BCUT2D eigenvalue weighted by Crippen LogP contribution is 2.57. The number of carbonyl (C=O) groups is 3. The number of thiophene rings is 1. The van der Waals surface area contributed by atoms with E-state index in [4.69, 9.17) is 4.74 Å². The van der Waals surface area contributed by atoms with Gasteiger partial charge < -0.3 is 20.3 Å². The van der Waals surface area contributed by atoms with Crippen molar-refractivity contribution < 1.29 is 29.3 Å². The minimum Gasteiger partial charge on any atom is -0.507 e. The van der Waals surface area contributed by atoms with Crippen LogP contribution in [-0.2, 0) is 21.4 Å². The van der Waals surface area contributed by atoms with Crippen molar-refractivity contribution in [1.82, 2.24) is 5.32 Å². The van der Waals surface area contributed by atoms with Gasteiger partial charge in [-0.25, -0.2) is 0 Å². The molecule has 0 radical (unpaired) electrons. The quantitative estimate of drug-likeness (QED) is 0.361. The van der Waals surface area contributed by atoms with Gasteiger partial charge >= 0.3 is 0 Å². The Bertz CT molecular complexity index is 1240. The van der Waals surface area contributed by atoms with Crippen LogP contribution in [0.5, 0.6) is 17.2 Å². The van der Waals surface area contributed by atoms with E-state index in [1.807, 2.05) is 17.5 Å². The molecule has 3 N–H and O–H groups in total. The monoisotopic (exact) mass is 453 g/mol. The van der Waals surface area contributed by atoms with Gasteiger partial charge in [0.2, 0.25) is 0 Å². The summed E-state index contributed by atoms with van der Waals surface area (Å²) in [5, 5.41) is 26.4. The highest BCUT2D eigenvalue weighted by molar-refractivity contribution is 7.09. The van der Waals surface area contributed by atoms with Crippen LogP contribution in [0.25, 0.3) is 0 Å². The van der Waals surface area contributed by atoms with E-state index in [9.17, 15) is 24.6 Å². The lowest BCUT2D eigenvalue weighted by molar-refractivity contribution is -0.123. The Kier molecular flexibility index (Phi) is 5.21. The van der Waals surface area contributed by atoms with Crippen LogP contribution in [0.15, 0.2) is 40.6 Å². The molecule has 0 amide bonds. The summed E-state index contributed by atoms with van der Waals surface area (Å²) >= 11 is 1.63. The number of ketones is 3. The summed E-state index contributed by atoms with van der Waals surface area (Å²) in [5.74, 6) is -2.32. The predicted molar refractivity (Wildman–Crippen MR) is 119 cm³/mol. The van der Waals surface area contributed by atoms with Crippen molar-refractivity contribution in [2.45, 2.75) is 39.5 Å². The van der Waals surface area contributed by atoms with E-state index in [1.165, 1.54) is 24.8 Å². The second-order valence-corrected chi connectivity index (χ2v) is 9.17. The number of phenolic OH excluding ortho intramolecular Hbond substituents is 2. The van der Waals surface area contributed by atoms with Crippen molar-refractivity contribution in [3.05, 3.63) is 62.2 Å². The summed E-state index contributed by atoms with van der Waals surface area (Å²) in [4.78, 5) is 39.9. The molecule has 1 atom stereocenters. The molecule has 32 heavy (non-hydrogen) atoms. The maximum absolute atomic E-state index is 13.7. The number of aromatic hydroxyl groups is 2. The van der Waals surface area contributed by atoms with Gasteiger partial charge in [-0.3, -0.25) is 14.4 Å². The molecule has 0 fully saturated rings. The Labute approximate surface area is 189 Å². The zero-order valence-electron chi connectivity index (χ0n) is 18.2. The minimum absolute atomic E-state index is 0.0200. The maximum atomic E-state index is 13.7. The number of hydrogen-bond donors (Lipinski definition) is 3. The molecule has 8 heteroatoms. The SMILES string of the molecule is CC(=O)c1c(O)c(C)c(O)c2c1OC1=CC(=O)/C(=C(/C)NCCc3cccs3)C(=O)[C@]12C. The van der Waals surface area contributed by atoms with Gasteiger partial charge in [-0.1, -0.05) is 6.07 Å². The lowest BCUT2D eigenvalue weighted by Gasteiger charge is -2.29. The van der Waals surface area contributed by atoms with Crippen molar-refractivity contribution in [2.24, 2.45) is 0 Å². The number of benzene rings is 1. The molecule has 0 spiro atoms. The van der Waals surface area contributed by atoms with Gasteiger partial charge in [-0.05, 0) is 45.6 Å². The van der Waals surface area contributed by atoms with Gasteiger partial charge in [0.15, 0.2) is 17.3 Å². The number of Topliss-reactive ketones (excluding diaryl/α,β-unsaturated/α-hetero) is 2. The van der Waals surface area contributed by atoms with Gasteiger partial charge in [-0.15, -0.1) is 11.3 Å². The van der Waals surface area contributed by atoms with Crippen LogP contribution in [0.4, 0.5) is 0 Å². The number of ether oxygens (including phenoxy) is 1. The molecular formula is C24H23NO6S. The first-order valence-electron chi connectivity index (χ1n) is 10.1. The maximum Gasteiger partial charge on any atom is 0.194 e. The second kappa shape index (κ2) is 7.63. The lowest BCUT2D eigenvalue weighted by atomic mass is 9.70. The average Bonchev–Trinajstić information content (AvgIpc) is 3.33. The smallest absolute Gasteiger partial charge is 0.194 e. The van der Waals surface area contributed by atoms with E-state index in [0.717, 1.165) is 6.42 Å². The Hall–Kier alpha value is -3.39. The van der Waals surface area contributed by atoms with Crippen LogP contribution >= 0.6 is 11.3 Å². The average molecular weight is 454 g/mol. The lowest BCUT2D eigenvalue weighted by Crippen LogP contribution is -2.41. The van der Waals surface area contributed by atoms with E-state index < -0.39 is 28.5 Å². The third kappa shape index (κ3) is 3.05. The van der Waals surface area contributed by atoms with Crippen LogP contribution in [0, 0.1) is 6.92 Å². The first kappa shape index (κ1) is 21.8. The molecule has 2 aliphatic rings. The topological polar surface area (TPSA) is 113 Å². The molecule has 1 aliphatic heterocycles. The molecule has 0 unspecified atom stereocenters. The molecule has 166 valence electrons. The number of carbonyl (C=O) groups excluding carboxylic acids is 3. The molecule has 4 rings (SSSR count). The first-order chi connectivity index (χ1) is 15.1. The Balaban J connectivity index is 1.79. The molecule has 2 aromatic rings. The number of nitrogens with one attached hydrogen (secondary N) is 1. The molecule has 7 nitrogen and oxygen atoms in total. The fourth-order valence-corrected chi connectivity index (χ4v) is 4.99. The predicted octanol–water partition coefficient (Wildman–Crippen LogP) is 3.46. The summed E-state index contributed by atoms with van der Waals surface area (Å²) in [6, 6.07) is 3.98. The zero-order chi connectivity index (χ0) is 23.4. The molecule has 1 aliphatic carbocycles. The van der Waals surface area contributed by atoms with E-state index in [2.05, 4.69) is 5.32 Å². The Morgan fingerprint density at radius 2 is 1.94 bits per heavy atom. The van der Waals surface area contributed by atoms with Crippen molar-refractivity contribution in [2.75, 3.05) is 6.54 Å². The summed E-state index contributed by atoms with van der Waals surface area (Å²) in [7, 11) is 0. The largest absolute Gasteiger partial charge is 0.507 e. The van der Waals surface area contributed by atoms with Gasteiger partial charge in [0, 0.05) is 28.8 Å². The molecule has 0 saturated carbocycles. The third-order valence-electron chi connectivity index (χ3n) is 6.10. The second-order valence-electron chi connectivity index (χ2n) is 8.14. The number of phenols is 2. The van der Waals surface area contributed by atoms with Crippen molar-refractivity contribution in [1.29, 1.82) is 0 Å². The van der Waals surface area contributed by atoms with Gasteiger partial charge in [0.05, 0.1) is 11.1 Å². The summed E-state index contributed by atoms with van der Waals surface area (Å²) in [6.45, 7) is 6.48. The highest BCUT2D eigenvalue weighted by atomic mass is 32.1. The van der Waals surface area contributed by atoms with E-state index in [0.29, 0.717) is 12.2 Å². The van der Waals surface area contributed by atoms with Crippen LogP contribution in [0.3, 0.4) is 0 Å². The number of rotatable bonds is 5. The fourth-order valence-electron chi connectivity index (χ4n) is 4.28. The number of allylic oxidation sites excluding steroid dienone is 4. The number of hydrogen-bond acceptors (Lipinski definition) is 8. The van der Waals surface area contributed by atoms with E-state index in [1.54, 1.807) is 25.2 Å². The van der Waals surface area contributed by atoms with Gasteiger partial charge in [0.1, 0.15) is 34.0 Å². The van der Waals surface area contributed by atoms with Gasteiger partial charge in [0.25, 0.3) is 0 Å². The normalized spacial score (nSPS) is 20.9. The first-order valence-corrected chi connectivity index (χ1v) is 11.0. The molecule has 1 aromatic carbocycles. The fraction of sp³-hybridized carbons (Fsp3) is 0.292. The van der Waals surface area contributed by atoms with Crippen molar-refractivity contribution in [3.63, 3.8) is 0 Å². The Morgan fingerprint density at radius 1 is 1.22 bits per heavy atom. The van der Waals surface area contributed by atoms with Crippen LogP contribution < -0.4 is 10.1 Å². The summed E-state index contributed by atoms with van der Waals surface area (Å²) < 4.78 is 5.76. The minimum atomic E-state index is -1.50. The molecular weight excluding hydrogens is 430 g/mol. The van der Waals surface area contributed by atoms with Crippen molar-refractivity contribution in [3.8, 4) is 17.2 Å². The molecule has 0 saturated heterocycles. The van der Waals surface area contributed by atoms with E-state index in [-0.39, 0.29) is 39.5 Å². The summed E-state index contributed by atoms with van der Waals surface area (Å²) in [5.41, 5.74) is -1.05. The third-order valence-corrected chi connectivity index (χ3v) is 7.04. The van der Waals surface area contributed by atoms with Crippen LogP contribution in [-0.4, -0.2) is 34.1 Å². The van der Waals surface area contributed by atoms with Gasteiger partial charge in [-0.2, -0.15) is 0 Å². The summed E-state index contributed by atoms with van der Waals surface area (Å²) in [6.07, 6.45) is 1.97. The number of fused-ring (bicyclic) bond motifs is 3. The molecule has 2 heterocycles. The zero-order valence-corrected chi connectivity index (χ0v) is 19.0. The standard InChI is InChI=1S/C24H23NO6S/c1-11-20(28)18(13(3)26)22-19(21(11)29)24(4)16(31-22)10-15(27)17(23(24)30)12(2)25-8-7-14-6-5-9-32-14/h5-6,9-10,25,28-29H,7-8H2,1-4H3/b17-12+/t24-/m1/s1. The van der Waals surface area contributed by atoms with Crippen molar-refractivity contribution >= 4 is 28.7 Å². The Morgan fingerprint density at radius 3 is 2.56 bits per heavy atom. The highest BCUT2D eigenvalue weighted by Gasteiger charge is 2.56. The van der Waals surface area contributed by atoms with E-state index >= 15 is 0 Å². The van der Waals surface area contributed by atoms with Crippen LogP contribution in [0.2, 0.25) is 0 Å². The van der Waals surface area contributed by atoms with Crippen LogP contribution in [0.1, 0.15) is 47.1 Å². The molecule has 0 bridgehead atoms.